The van der Waals surface area contributed by atoms with E-state index >= 15 is 0 Å². The Morgan fingerprint density at radius 3 is 2.81 bits per heavy atom. The van der Waals surface area contributed by atoms with Gasteiger partial charge >= 0.3 is 0 Å². The molecular formula is C11H13NO3S. The highest BCUT2D eigenvalue weighted by Crippen LogP contribution is 2.11. The molecule has 1 atom stereocenters. The van der Waals surface area contributed by atoms with E-state index in [1.54, 1.807) is 18.2 Å². The average molecular weight is 239 g/mol. The van der Waals surface area contributed by atoms with Crippen molar-refractivity contribution in [3.05, 3.63) is 42.5 Å². The van der Waals surface area contributed by atoms with Crippen LogP contribution in [0.4, 0.5) is 0 Å². The van der Waals surface area contributed by atoms with E-state index in [0.29, 0.717) is 13.0 Å². The summed E-state index contributed by atoms with van der Waals surface area (Å²) in [6, 6.07) is 6.24. The highest BCUT2D eigenvalue weighted by Gasteiger charge is 2.13. The lowest BCUT2D eigenvalue weighted by Crippen LogP contribution is -2.25. The summed E-state index contributed by atoms with van der Waals surface area (Å²) in [4.78, 5) is 11.8. The van der Waals surface area contributed by atoms with E-state index in [1.165, 1.54) is 12.1 Å². The second-order valence-electron chi connectivity index (χ2n) is 3.08. The zero-order chi connectivity index (χ0) is 12.0. The lowest BCUT2D eigenvalue weighted by atomic mass is 10.2. The van der Waals surface area contributed by atoms with E-state index in [1.807, 2.05) is 0 Å². The van der Waals surface area contributed by atoms with Gasteiger partial charge in [0.25, 0.3) is 5.91 Å². The van der Waals surface area contributed by atoms with Crippen LogP contribution in [0.5, 0.6) is 0 Å². The van der Waals surface area contributed by atoms with Crippen molar-refractivity contribution in [2.24, 2.45) is 0 Å². The number of amides is 1. The molecular weight excluding hydrogens is 226 g/mol. The van der Waals surface area contributed by atoms with Crippen LogP contribution in [0.1, 0.15) is 16.8 Å². The van der Waals surface area contributed by atoms with E-state index in [0.717, 1.165) is 0 Å². The Labute approximate surface area is 96.7 Å². The Bertz CT molecular complexity index is 417. The minimum atomic E-state index is -2.15. The summed E-state index contributed by atoms with van der Waals surface area (Å²) < 4.78 is 20.0. The molecule has 1 unspecified atom stereocenters. The Balaban J connectivity index is 2.82. The lowest BCUT2D eigenvalue weighted by Gasteiger charge is -2.06. The van der Waals surface area contributed by atoms with Gasteiger partial charge in [-0.2, -0.15) is 0 Å². The maximum atomic E-state index is 11.7. The van der Waals surface area contributed by atoms with E-state index < -0.39 is 11.1 Å². The molecule has 1 aromatic rings. The highest BCUT2D eigenvalue weighted by molar-refractivity contribution is 7.79. The number of hydrogen-bond donors (Lipinski definition) is 2. The van der Waals surface area contributed by atoms with Gasteiger partial charge in [0.05, 0.1) is 10.5 Å². The van der Waals surface area contributed by atoms with Crippen LogP contribution in [-0.2, 0) is 11.1 Å². The zero-order valence-corrected chi connectivity index (χ0v) is 9.50. The smallest absolute Gasteiger partial charge is 0.252 e. The lowest BCUT2D eigenvalue weighted by molar-refractivity contribution is 0.0951. The first-order valence-corrected chi connectivity index (χ1v) is 5.86. The van der Waals surface area contributed by atoms with Crippen molar-refractivity contribution in [2.75, 3.05) is 6.54 Å². The number of carbonyl (C=O) groups excluding carboxylic acids is 1. The normalized spacial score (nSPS) is 11.8. The predicted molar refractivity (Wildman–Crippen MR) is 62.6 cm³/mol. The Morgan fingerprint density at radius 2 is 2.19 bits per heavy atom. The predicted octanol–water partition coefficient (Wildman–Crippen LogP) is 1.57. The average Bonchev–Trinajstić information content (AvgIpc) is 2.29. The molecule has 0 aliphatic rings. The summed E-state index contributed by atoms with van der Waals surface area (Å²) in [5.74, 6) is -0.347. The van der Waals surface area contributed by atoms with Crippen LogP contribution in [0.2, 0.25) is 0 Å². The molecule has 1 amide bonds. The fraction of sp³-hybridized carbons (Fsp3) is 0.182. The van der Waals surface area contributed by atoms with Gasteiger partial charge in [-0.1, -0.05) is 18.2 Å². The van der Waals surface area contributed by atoms with Gasteiger partial charge < -0.3 is 9.87 Å². The van der Waals surface area contributed by atoms with E-state index in [2.05, 4.69) is 11.9 Å². The second-order valence-corrected chi connectivity index (χ2v) is 4.02. The van der Waals surface area contributed by atoms with Crippen LogP contribution < -0.4 is 5.32 Å². The highest BCUT2D eigenvalue weighted by atomic mass is 32.2. The van der Waals surface area contributed by atoms with Crippen molar-refractivity contribution in [1.29, 1.82) is 0 Å². The molecule has 0 aliphatic carbocycles. The van der Waals surface area contributed by atoms with Crippen molar-refractivity contribution in [2.45, 2.75) is 11.3 Å². The van der Waals surface area contributed by atoms with E-state index in [9.17, 15) is 9.00 Å². The first kappa shape index (κ1) is 12.6. The van der Waals surface area contributed by atoms with Gasteiger partial charge in [0.15, 0.2) is 11.1 Å². The molecule has 16 heavy (non-hydrogen) atoms. The van der Waals surface area contributed by atoms with Crippen LogP contribution in [-0.4, -0.2) is 21.2 Å². The van der Waals surface area contributed by atoms with Crippen LogP contribution >= 0.6 is 0 Å². The molecule has 0 aromatic heterocycles. The Morgan fingerprint density at radius 1 is 1.50 bits per heavy atom. The Kier molecular flexibility index (Phi) is 4.88. The summed E-state index contributed by atoms with van der Waals surface area (Å²) in [6.45, 7) is 4.00. The van der Waals surface area contributed by atoms with Gasteiger partial charge in [-0.05, 0) is 18.6 Å². The minimum absolute atomic E-state index is 0.124. The van der Waals surface area contributed by atoms with Crippen molar-refractivity contribution in [3.63, 3.8) is 0 Å². The molecule has 1 rings (SSSR count). The van der Waals surface area contributed by atoms with Gasteiger partial charge in [-0.15, -0.1) is 6.58 Å². The molecule has 0 saturated heterocycles. The second kappa shape index (κ2) is 6.19. The molecule has 0 radical (unpaired) electrons. The molecule has 4 nitrogen and oxygen atoms in total. The molecule has 5 heteroatoms. The number of hydrogen-bond acceptors (Lipinski definition) is 2. The molecule has 0 heterocycles. The summed E-state index contributed by atoms with van der Waals surface area (Å²) in [5.41, 5.74) is 0.229. The van der Waals surface area contributed by atoms with E-state index in [-0.39, 0.29) is 16.4 Å². The fourth-order valence-electron chi connectivity index (χ4n) is 1.19. The van der Waals surface area contributed by atoms with Gasteiger partial charge in [-0.25, -0.2) is 4.21 Å². The SMILES string of the molecule is C=CCCNC(=O)c1ccccc1S(=O)O. The van der Waals surface area contributed by atoms with Crippen molar-refractivity contribution >= 4 is 17.0 Å². The maximum absolute atomic E-state index is 11.7. The largest absolute Gasteiger partial charge is 0.352 e. The van der Waals surface area contributed by atoms with Gasteiger partial charge in [0.2, 0.25) is 0 Å². The summed E-state index contributed by atoms with van der Waals surface area (Å²) >= 11 is -2.15. The summed E-state index contributed by atoms with van der Waals surface area (Å²) in [7, 11) is 0. The molecule has 0 aliphatic heterocycles. The molecule has 0 spiro atoms. The third kappa shape index (κ3) is 3.29. The maximum Gasteiger partial charge on any atom is 0.252 e. The first-order valence-electron chi connectivity index (χ1n) is 4.75. The molecule has 1 aromatic carbocycles. The first-order chi connectivity index (χ1) is 7.66. The fourth-order valence-corrected chi connectivity index (χ4v) is 1.73. The van der Waals surface area contributed by atoms with Crippen LogP contribution in [0.15, 0.2) is 41.8 Å². The molecule has 86 valence electrons. The van der Waals surface area contributed by atoms with Crippen LogP contribution in [0, 0.1) is 0 Å². The molecule has 2 N–H and O–H groups in total. The quantitative estimate of drug-likeness (QED) is 0.465. The number of rotatable bonds is 5. The van der Waals surface area contributed by atoms with Gasteiger partial charge in [0, 0.05) is 6.54 Å². The standard InChI is InChI=1S/C11H13NO3S/c1-2-3-8-12-11(13)9-6-4-5-7-10(9)16(14)15/h2,4-7H,1,3,8H2,(H,12,13)(H,14,15). The minimum Gasteiger partial charge on any atom is -0.352 e. The van der Waals surface area contributed by atoms with Crippen molar-refractivity contribution in [3.8, 4) is 0 Å². The van der Waals surface area contributed by atoms with Crippen LogP contribution in [0.3, 0.4) is 0 Å². The zero-order valence-electron chi connectivity index (χ0n) is 8.68. The molecule has 0 saturated carbocycles. The molecule has 0 fully saturated rings. The van der Waals surface area contributed by atoms with Crippen molar-refractivity contribution in [1.82, 2.24) is 5.32 Å². The number of benzene rings is 1. The summed E-state index contributed by atoms with van der Waals surface area (Å²) in [6.07, 6.45) is 2.35. The van der Waals surface area contributed by atoms with Gasteiger partial charge in [-0.3, -0.25) is 4.79 Å². The Hall–Kier alpha value is -1.46. The van der Waals surface area contributed by atoms with Gasteiger partial charge in [0.1, 0.15) is 0 Å². The molecule has 0 bridgehead atoms. The number of nitrogens with one attached hydrogen (secondary N) is 1. The van der Waals surface area contributed by atoms with E-state index in [4.69, 9.17) is 4.55 Å². The third-order valence-corrected chi connectivity index (χ3v) is 2.69. The third-order valence-electron chi connectivity index (χ3n) is 1.95. The summed E-state index contributed by atoms with van der Waals surface area (Å²) in [5, 5.41) is 2.64. The van der Waals surface area contributed by atoms with Crippen molar-refractivity contribution < 1.29 is 13.6 Å². The van der Waals surface area contributed by atoms with Crippen LogP contribution in [0.25, 0.3) is 0 Å². The number of carbonyl (C=O) groups is 1. The monoisotopic (exact) mass is 239 g/mol. The topological polar surface area (TPSA) is 66.4 Å².